The molecule has 35 heavy (non-hydrogen) atoms. The van der Waals surface area contributed by atoms with E-state index < -0.39 is 0 Å². The third kappa shape index (κ3) is 5.49. The Hall–Kier alpha value is -2.96. The van der Waals surface area contributed by atoms with Gasteiger partial charge in [0.15, 0.2) is 0 Å². The van der Waals surface area contributed by atoms with Crippen molar-refractivity contribution in [2.45, 2.75) is 19.9 Å². The number of fused-ring (bicyclic) bond motifs is 3. The molecule has 7 nitrogen and oxygen atoms in total. The summed E-state index contributed by atoms with van der Waals surface area (Å²) >= 11 is 1.59. The molecule has 2 aromatic heterocycles. The van der Waals surface area contributed by atoms with Crippen LogP contribution in [0.25, 0.3) is 22.5 Å². The topological polar surface area (TPSA) is 70.7 Å². The Bertz CT molecular complexity index is 1260. The van der Waals surface area contributed by atoms with Crippen LogP contribution in [-0.2, 0) is 27.2 Å². The van der Waals surface area contributed by atoms with Gasteiger partial charge in [-0.3, -0.25) is 10.00 Å². The van der Waals surface area contributed by atoms with Crippen LogP contribution in [0.4, 0.5) is 0 Å². The summed E-state index contributed by atoms with van der Waals surface area (Å²) in [7, 11) is 2.19. The van der Waals surface area contributed by atoms with Crippen molar-refractivity contribution in [3.63, 3.8) is 0 Å². The van der Waals surface area contributed by atoms with Crippen LogP contribution in [0.1, 0.15) is 28.5 Å². The van der Waals surface area contributed by atoms with Crippen LogP contribution in [0.3, 0.4) is 0 Å². The normalized spacial score (nSPS) is 15.4. The Morgan fingerprint density at radius 3 is 2.91 bits per heavy atom. The maximum absolute atomic E-state index is 11.3. The van der Waals surface area contributed by atoms with Crippen molar-refractivity contribution in [2.75, 3.05) is 53.0 Å². The largest absolute Gasteiger partial charge is 0.464 e. The molecule has 0 saturated carbocycles. The fraction of sp³-hybridized carbons (Fsp3) is 0.407. The van der Waals surface area contributed by atoms with Crippen molar-refractivity contribution in [3.05, 3.63) is 51.2 Å². The number of hydrogen-bond acceptors (Lipinski definition) is 7. The molecule has 1 aliphatic heterocycles. The Kier molecular flexibility index (Phi) is 7.30. The number of ether oxygens (including phenoxy) is 2. The zero-order valence-electron chi connectivity index (χ0n) is 20.2. The highest BCUT2D eigenvalue weighted by Crippen LogP contribution is 2.41. The molecule has 2 aliphatic rings. The molecule has 1 aliphatic carbocycles. The van der Waals surface area contributed by atoms with Gasteiger partial charge in [0.1, 0.15) is 13.2 Å². The monoisotopic (exact) mass is 490 g/mol. The van der Waals surface area contributed by atoms with E-state index in [2.05, 4.69) is 68.5 Å². The highest BCUT2D eigenvalue weighted by molar-refractivity contribution is 7.11. The second kappa shape index (κ2) is 10.8. The lowest BCUT2D eigenvalue weighted by atomic mass is 10.0. The summed E-state index contributed by atoms with van der Waals surface area (Å²) in [6.45, 7) is 7.78. The summed E-state index contributed by atoms with van der Waals surface area (Å²) in [5, 5.41) is 10.0. The maximum Gasteiger partial charge on any atom is 0.332 e. The molecule has 0 unspecified atom stereocenters. The summed E-state index contributed by atoms with van der Waals surface area (Å²) in [6.07, 6.45) is 0.894. The first kappa shape index (κ1) is 23.8. The molecule has 0 bridgehead atoms. The van der Waals surface area contributed by atoms with Crippen LogP contribution in [0.5, 0.6) is 0 Å². The van der Waals surface area contributed by atoms with Gasteiger partial charge in [-0.05, 0) is 31.2 Å². The molecule has 1 aromatic carbocycles. The molecule has 1 N–H and O–H groups in total. The van der Waals surface area contributed by atoms with Gasteiger partial charge in [-0.25, -0.2) is 4.79 Å². The van der Waals surface area contributed by atoms with Gasteiger partial charge in [0.2, 0.25) is 0 Å². The molecule has 0 radical (unpaired) electrons. The van der Waals surface area contributed by atoms with Crippen LogP contribution in [-0.4, -0.2) is 79.0 Å². The Balaban J connectivity index is 1.22. The lowest BCUT2D eigenvalue weighted by Gasteiger charge is -2.32. The molecule has 8 heteroatoms. The minimum atomic E-state index is -0.368. The van der Waals surface area contributed by atoms with Crippen molar-refractivity contribution in [1.29, 1.82) is 0 Å². The third-order valence-corrected chi connectivity index (χ3v) is 7.31. The second-order valence-corrected chi connectivity index (χ2v) is 9.88. The molecule has 1 fully saturated rings. The molecule has 1 saturated heterocycles. The highest BCUT2D eigenvalue weighted by Gasteiger charge is 2.26. The van der Waals surface area contributed by atoms with Gasteiger partial charge < -0.3 is 14.4 Å². The SMILES string of the molecule is CCOC(=O)COCC#Cc1cc(-c2n[nH]c3c2Cc2cc(CN4CCN(C)CC4)ccc2-3)cs1. The first-order chi connectivity index (χ1) is 17.1. The molecule has 5 rings (SSSR count). The molecular formula is C27H30N4O3S. The van der Waals surface area contributed by atoms with Gasteiger partial charge in [0.25, 0.3) is 0 Å². The van der Waals surface area contributed by atoms with E-state index in [0.29, 0.717) is 6.61 Å². The van der Waals surface area contributed by atoms with Crippen molar-refractivity contribution in [1.82, 2.24) is 20.0 Å². The van der Waals surface area contributed by atoms with Gasteiger partial charge in [-0.1, -0.05) is 30.0 Å². The summed E-state index contributed by atoms with van der Waals surface area (Å²) in [5.41, 5.74) is 8.48. The number of nitrogens with one attached hydrogen (secondary N) is 1. The van der Waals surface area contributed by atoms with E-state index in [1.54, 1.807) is 18.3 Å². The van der Waals surface area contributed by atoms with E-state index in [-0.39, 0.29) is 19.2 Å². The number of aromatic amines is 1. The minimum Gasteiger partial charge on any atom is -0.464 e. The Morgan fingerprint density at radius 1 is 1.23 bits per heavy atom. The molecular weight excluding hydrogens is 460 g/mol. The van der Waals surface area contributed by atoms with Crippen LogP contribution in [0.15, 0.2) is 29.6 Å². The smallest absolute Gasteiger partial charge is 0.332 e. The fourth-order valence-corrected chi connectivity index (χ4v) is 5.39. The zero-order valence-corrected chi connectivity index (χ0v) is 21.0. The fourth-order valence-electron chi connectivity index (χ4n) is 4.63. The highest BCUT2D eigenvalue weighted by atomic mass is 32.1. The lowest BCUT2D eigenvalue weighted by Crippen LogP contribution is -2.43. The molecule has 0 atom stereocenters. The quantitative estimate of drug-likeness (QED) is 0.243. The number of H-pyrrole nitrogens is 1. The van der Waals surface area contributed by atoms with Gasteiger partial charge in [-0.2, -0.15) is 5.10 Å². The van der Waals surface area contributed by atoms with Crippen molar-refractivity contribution < 1.29 is 14.3 Å². The van der Waals surface area contributed by atoms with Crippen LogP contribution >= 0.6 is 11.3 Å². The van der Waals surface area contributed by atoms with E-state index in [4.69, 9.17) is 9.47 Å². The van der Waals surface area contributed by atoms with Crippen molar-refractivity contribution in [3.8, 4) is 34.4 Å². The van der Waals surface area contributed by atoms with E-state index in [9.17, 15) is 4.79 Å². The summed E-state index contributed by atoms with van der Waals surface area (Å²) in [4.78, 5) is 17.2. The van der Waals surface area contributed by atoms with Gasteiger partial charge in [0.05, 0.1) is 22.9 Å². The van der Waals surface area contributed by atoms with E-state index in [1.165, 1.54) is 22.3 Å². The Morgan fingerprint density at radius 2 is 2.09 bits per heavy atom. The van der Waals surface area contributed by atoms with Gasteiger partial charge >= 0.3 is 5.97 Å². The van der Waals surface area contributed by atoms with Crippen molar-refractivity contribution >= 4 is 17.3 Å². The number of hydrogen-bond donors (Lipinski definition) is 1. The summed E-state index contributed by atoms with van der Waals surface area (Å²) in [5.74, 6) is 5.71. The number of nitrogens with zero attached hydrogens (tertiary/aromatic N) is 3. The van der Waals surface area contributed by atoms with Gasteiger partial charge in [0, 0.05) is 61.2 Å². The molecule has 0 spiro atoms. The van der Waals surface area contributed by atoms with Crippen LogP contribution in [0.2, 0.25) is 0 Å². The average Bonchev–Trinajstić information content (AvgIpc) is 3.56. The number of rotatable bonds is 7. The van der Waals surface area contributed by atoms with E-state index >= 15 is 0 Å². The summed E-state index contributed by atoms with van der Waals surface area (Å²) in [6, 6.07) is 8.94. The number of piperazine rings is 1. The number of likely N-dealkylation sites (N-methyl/N-ethyl adjacent to an activating group) is 1. The number of thiophene rings is 1. The van der Waals surface area contributed by atoms with E-state index in [0.717, 1.165) is 61.0 Å². The maximum atomic E-state index is 11.3. The number of benzene rings is 1. The first-order valence-corrected chi connectivity index (χ1v) is 12.9. The predicted molar refractivity (Wildman–Crippen MR) is 137 cm³/mol. The predicted octanol–water partition coefficient (Wildman–Crippen LogP) is 3.39. The minimum absolute atomic E-state index is 0.0741. The molecule has 3 aromatic rings. The average molecular weight is 491 g/mol. The lowest BCUT2D eigenvalue weighted by molar-refractivity contribution is -0.147. The van der Waals surface area contributed by atoms with E-state index in [1.807, 2.05) is 0 Å². The number of esters is 1. The number of carbonyl (C=O) groups is 1. The van der Waals surface area contributed by atoms with Crippen LogP contribution < -0.4 is 0 Å². The van der Waals surface area contributed by atoms with Crippen LogP contribution in [0, 0.1) is 11.8 Å². The summed E-state index contributed by atoms with van der Waals surface area (Å²) < 4.78 is 10.1. The number of aromatic nitrogens is 2. The third-order valence-electron chi connectivity index (χ3n) is 6.46. The van der Waals surface area contributed by atoms with Gasteiger partial charge in [-0.15, -0.1) is 11.3 Å². The standard InChI is InChI=1S/C27H30N4O3S/c1-3-34-25(32)17-33-12-4-5-22-14-21(18-35-22)26-24-15-20-13-19(6-7-23(20)27(24)29-28-26)16-31-10-8-30(2)9-11-31/h6-7,13-14,18H,3,8-12,15-17H2,1-2H3,(H,28,29). The molecule has 0 amide bonds. The van der Waals surface area contributed by atoms with Crippen molar-refractivity contribution in [2.24, 2.45) is 0 Å². The number of carbonyl (C=O) groups excluding carboxylic acids is 1. The Labute approximate surface area is 210 Å². The first-order valence-electron chi connectivity index (χ1n) is 12.0. The molecule has 182 valence electrons. The molecule has 3 heterocycles. The zero-order chi connectivity index (χ0) is 24.2. The second-order valence-electron chi connectivity index (χ2n) is 8.97.